The van der Waals surface area contributed by atoms with Crippen LogP contribution in [0.3, 0.4) is 0 Å². The summed E-state index contributed by atoms with van der Waals surface area (Å²) in [5.41, 5.74) is 5.27. The van der Waals surface area contributed by atoms with Gasteiger partial charge in [0.2, 0.25) is 5.76 Å². The molecule has 0 N–H and O–H groups in total. The van der Waals surface area contributed by atoms with Crippen LogP contribution in [0.15, 0.2) is 83.6 Å². The Morgan fingerprint density at radius 1 is 1.07 bits per heavy atom. The lowest BCUT2D eigenvalue weighted by molar-refractivity contribution is 0.0683. The van der Waals surface area contributed by atoms with Crippen molar-refractivity contribution in [3.8, 4) is 11.3 Å². The van der Waals surface area contributed by atoms with Crippen molar-refractivity contribution in [2.24, 2.45) is 7.05 Å². The minimum absolute atomic E-state index is 0.130. The highest BCUT2D eigenvalue weighted by Gasteiger charge is 2.31. The van der Waals surface area contributed by atoms with Gasteiger partial charge >= 0.3 is 0 Å². The summed E-state index contributed by atoms with van der Waals surface area (Å²) in [7, 11) is 2.01. The van der Waals surface area contributed by atoms with Gasteiger partial charge in [0.1, 0.15) is 5.69 Å². The van der Waals surface area contributed by atoms with Crippen molar-refractivity contribution in [1.29, 1.82) is 0 Å². The van der Waals surface area contributed by atoms with Gasteiger partial charge in [-0.2, -0.15) is 0 Å². The van der Waals surface area contributed by atoms with Gasteiger partial charge in [-0.05, 0) is 22.8 Å². The Bertz CT molecular complexity index is 1160. The van der Waals surface area contributed by atoms with Gasteiger partial charge in [0.05, 0.1) is 0 Å². The van der Waals surface area contributed by atoms with E-state index in [-0.39, 0.29) is 17.6 Å². The van der Waals surface area contributed by atoms with E-state index in [0.717, 1.165) is 5.56 Å². The molecule has 0 bridgehead atoms. The molecule has 0 spiro atoms. The van der Waals surface area contributed by atoms with E-state index in [1.165, 1.54) is 16.7 Å². The summed E-state index contributed by atoms with van der Waals surface area (Å²) < 4.78 is 7.46. The molecule has 5 nitrogen and oxygen atoms in total. The summed E-state index contributed by atoms with van der Waals surface area (Å²) in [5, 5.41) is 4.10. The Morgan fingerprint density at radius 2 is 1.86 bits per heavy atom. The molecule has 2 aromatic carbocycles. The molecule has 0 saturated heterocycles. The predicted molar refractivity (Wildman–Crippen MR) is 110 cm³/mol. The fourth-order valence-corrected chi connectivity index (χ4v) is 4.05. The van der Waals surface area contributed by atoms with E-state index in [0.29, 0.717) is 18.8 Å². The van der Waals surface area contributed by atoms with Gasteiger partial charge in [-0.1, -0.05) is 59.8 Å². The third kappa shape index (κ3) is 3.25. The van der Waals surface area contributed by atoms with E-state index in [2.05, 4.69) is 35.6 Å². The molecule has 4 aromatic rings. The quantitative estimate of drug-likeness (QED) is 0.525. The predicted octanol–water partition coefficient (Wildman–Crippen LogP) is 4.47. The van der Waals surface area contributed by atoms with Crippen LogP contribution in [0, 0.1) is 0 Å². The number of aryl methyl sites for hydroxylation is 1. The molecule has 1 unspecified atom stereocenters. The van der Waals surface area contributed by atoms with E-state index < -0.39 is 0 Å². The minimum atomic E-state index is -0.130. The molecule has 1 amide bonds. The van der Waals surface area contributed by atoms with Crippen molar-refractivity contribution >= 4 is 5.91 Å². The van der Waals surface area contributed by atoms with Gasteiger partial charge in [-0.25, -0.2) is 0 Å². The molecule has 1 atom stereocenters. The van der Waals surface area contributed by atoms with Crippen molar-refractivity contribution in [1.82, 2.24) is 14.6 Å². The van der Waals surface area contributed by atoms with Gasteiger partial charge in [-0.3, -0.25) is 4.79 Å². The molecule has 5 rings (SSSR count). The first kappa shape index (κ1) is 17.5. The summed E-state index contributed by atoms with van der Waals surface area (Å²) in [4.78, 5) is 15.1. The number of amides is 1. The zero-order chi connectivity index (χ0) is 19.8. The van der Waals surface area contributed by atoms with Gasteiger partial charge in [0.15, 0.2) is 0 Å². The Morgan fingerprint density at radius 3 is 2.66 bits per heavy atom. The van der Waals surface area contributed by atoms with E-state index in [1.807, 2.05) is 59.1 Å². The zero-order valence-corrected chi connectivity index (χ0v) is 16.2. The molecular weight excluding hydrogens is 362 g/mol. The first-order valence-electron chi connectivity index (χ1n) is 9.70. The van der Waals surface area contributed by atoms with Crippen LogP contribution in [0.1, 0.15) is 33.2 Å². The second-order valence-corrected chi connectivity index (χ2v) is 7.49. The molecule has 0 fully saturated rings. The van der Waals surface area contributed by atoms with Crippen LogP contribution in [0.2, 0.25) is 0 Å². The lowest BCUT2D eigenvalue weighted by Gasteiger charge is -2.34. The molecule has 1 aliphatic rings. The number of fused-ring (bicyclic) bond motifs is 1. The molecule has 0 radical (unpaired) electrons. The lowest BCUT2D eigenvalue weighted by Crippen LogP contribution is -2.38. The highest BCUT2D eigenvalue weighted by molar-refractivity contribution is 5.92. The normalized spacial score (nSPS) is 15.9. The Hall–Kier alpha value is -3.60. The van der Waals surface area contributed by atoms with Crippen LogP contribution in [0.25, 0.3) is 11.3 Å². The highest BCUT2D eigenvalue weighted by Crippen LogP contribution is 2.34. The molecule has 5 heteroatoms. The monoisotopic (exact) mass is 383 g/mol. The molecular formula is C24H21N3O2. The SMILES string of the molecule is Cn1ccc(C2CN(C(=O)c3cc(-c4ccccc4)no3)Cc3ccccc32)c1. The van der Waals surface area contributed by atoms with Crippen LogP contribution in [0.5, 0.6) is 0 Å². The van der Waals surface area contributed by atoms with Crippen LogP contribution in [0.4, 0.5) is 0 Å². The van der Waals surface area contributed by atoms with Crippen molar-refractivity contribution in [3.63, 3.8) is 0 Å². The summed E-state index contributed by atoms with van der Waals surface area (Å²) in [6.45, 7) is 1.18. The molecule has 1 aliphatic heterocycles. The van der Waals surface area contributed by atoms with E-state index in [1.54, 1.807) is 6.07 Å². The van der Waals surface area contributed by atoms with Gasteiger partial charge in [-0.15, -0.1) is 0 Å². The number of rotatable bonds is 3. The van der Waals surface area contributed by atoms with Crippen molar-refractivity contribution in [2.75, 3.05) is 6.54 Å². The third-order valence-corrected chi connectivity index (χ3v) is 5.53. The van der Waals surface area contributed by atoms with Crippen molar-refractivity contribution in [2.45, 2.75) is 12.5 Å². The Kier molecular flexibility index (Phi) is 4.28. The molecule has 0 saturated carbocycles. The number of hydrogen-bond acceptors (Lipinski definition) is 3. The first-order valence-corrected chi connectivity index (χ1v) is 9.70. The van der Waals surface area contributed by atoms with Gasteiger partial charge in [0, 0.05) is 50.1 Å². The number of carbonyl (C=O) groups is 1. The van der Waals surface area contributed by atoms with E-state index >= 15 is 0 Å². The molecule has 3 heterocycles. The smallest absolute Gasteiger partial charge is 0.292 e. The second kappa shape index (κ2) is 7.09. The lowest BCUT2D eigenvalue weighted by atomic mass is 9.86. The van der Waals surface area contributed by atoms with Gasteiger partial charge in [0.25, 0.3) is 5.91 Å². The summed E-state index contributed by atoms with van der Waals surface area (Å²) in [6, 6.07) is 21.9. The fourth-order valence-electron chi connectivity index (χ4n) is 4.05. The fraction of sp³-hybridized carbons (Fsp3) is 0.167. The number of carbonyl (C=O) groups excluding carboxylic acids is 1. The average Bonchev–Trinajstić information content (AvgIpc) is 3.42. The number of hydrogen-bond donors (Lipinski definition) is 0. The maximum absolute atomic E-state index is 13.2. The van der Waals surface area contributed by atoms with E-state index in [9.17, 15) is 4.79 Å². The maximum atomic E-state index is 13.2. The Balaban J connectivity index is 1.46. The summed E-state index contributed by atoms with van der Waals surface area (Å²) in [5.74, 6) is 0.284. The van der Waals surface area contributed by atoms with Crippen LogP contribution in [-0.4, -0.2) is 27.1 Å². The minimum Gasteiger partial charge on any atom is -0.357 e. The molecule has 0 aliphatic carbocycles. The first-order chi connectivity index (χ1) is 14.2. The second-order valence-electron chi connectivity index (χ2n) is 7.49. The van der Waals surface area contributed by atoms with E-state index in [4.69, 9.17) is 4.52 Å². The zero-order valence-electron chi connectivity index (χ0n) is 16.2. The third-order valence-electron chi connectivity index (χ3n) is 5.53. The number of nitrogens with zero attached hydrogens (tertiary/aromatic N) is 3. The topological polar surface area (TPSA) is 51.3 Å². The van der Waals surface area contributed by atoms with Gasteiger partial charge < -0.3 is 14.0 Å². The van der Waals surface area contributed by atoms with Crippen molar-refractivity contribution in [3.05, 3.63) is 102 Å². The Labute approximate surface area is 169 Å². The highest BCUT2D eigenvalue weighted by atomic mass is 16.5. The number of aromatic nitrogens is 2. The average molecular weight is 383 g/mol. The van der Waals surface area contributed by atoms with Crippen LogP contribution >= 0.6 is 0 Å². The molecule has 29 heavy (non-hydrogen) atoms. The van der Waals surface area contributed by atoms with Crippen molar-refractivity contribution < 1.29 is 9.32 Å². The summed E-state index contributed by atoms with van der Waals surface area (Å²) in [6.07, 6.45) is 4.17. The largest absolute Gasteiger partial charge is 0.357 e. The summed E-state index contributed by atoms with van der Waals surface area (Å²) >= 11 is 0. The van der Waals surface area contributed by atoms with Crippen LogP contribution in [-0.2, 0) is 13.6 Å². The molecule has 144 valence electrons. The van der Waals surface area contributed by atoms with Crippen LogP contribution < -0.4 is 0 Å². The standard InChI is InChI=1S/C24H21N3O2/c1-26-12-11-19(14-26)21-16-27(15-18-9-5-6-10-20(18)21)24(28)23-13-22(25-29-23)17-7-3-2-4-8-17/h2-14,21H,15-16H2,1H3. The number of benzene rings is 2. The molecule has 2 aromatic heterocycles. The maximum Gasteiger partial charge on any atom is 0.292 e.